The van der Waals surface area contributed by atoms with Crippen LogP contribution in [0.25, 0.3) is 0 Å². The zero-order valence-electron chi connectivity index (χ0n) is 12.4. The molecule has 1 rings (SSSR count). The standard InChI is InChI=1S/C13H22N4O3/c1-5-16(6-2)12(18)9(4)17-8-10(14)11(15-17)13(19)20-7-3/h8-9H,5-7,14H2,1-4H3. The Morgan fingerprint density at radius 2 is 2.00 bits per heavy atom. The molecule has 1 aromatic heterocycles. The molecule has 0 fully saturated rings. The van der Waals surface area contributed by atoms with Gasteiger partial charge in [0, 0.05) is 19.3 Å². The van der Waals surface area contributed by atoms with Gasteiger partial charge in [0.1, 0.15) is 6.04 Å². The highest BCUT2D eigenvalue weighted by Gasteiger charge is 2.24. The van der Waals surface area contributed by atoms with Gasteiger partial charge in [0.15, 0.2) is 5.69 Å². The van der Waals surface area contributed by atoms with E-state index < -0.39 is 12.0 Å². The fourth-order valence-electron chi connectivity index (χ4n) is 1.87. The second kappa shape index (κ2) is 6.93. The zero-order valence-corrected chi connectivity index (χ0v) is 12.4. The number of amides is 1. The second-order valence-corrected chi connectivity index (χ2v) is 4.32. The van der Waals surface area contributed by atoms with Crippen molar-refractivity contribution in [3.05, 3.63) is 11.9 Å². The molecule has 7 heteroatoms. The van der Waals surface area contributed by atoms with Gasteiger partial charge < -0.3 is 15.4 Å². The number of esters is 1. The summed E-state index contributed by atoms with van der Waals surface area (Å²) in [6.45, 7) is 8.76. The highest BCUT2D eigenvalue weighted by atomic mass is 16.5. The molecular formula is C13H22N4O3. The minimum Gasteiger partial charge on any atom is -0.461 e. The van der Waals surface area contributed by atoms with E-state index in [2.05, 4.69) is 5.10 Å². The number of nitrogens with zero attached hydrogens (tertiary/aromatic N) is 3. The van der Waals surface area contributed by atoms with Crippen molar-refractivity contribution in [2.75, 3.05) is 25.4 Å². The summed E-state index contributed by atoms with van der Waals surface area (Å²) in [5, 5.41) is 4.07. The van der Waals surface area contributed by atoms with E-state index in [1.165, 1.54) is 10.9 Å². The lowest BCUT2D eigenvalue weighted by molar-refractivity contribution is -0.134. The number of nitrogens with two attached hydrogens (primary N) is 1. The molecule has 0 aliphatic heterocycles. The molecule has 112 valence electrons. The van der Waals surface area contributed by atoms with Crippen molar-refractivity contribution in [3.8, 4) is 0 Å². The van der Waals surface area contributed by atoms with Crippen LogP contribution < -0.4 is 5.73 Å². The zero-order chi connectivity index (χ0) is 15.3. The maximum Gasteiger partial charge on any atom is 0.361 e. The molecule has 0 aliphatic carbocycles. The highest BCUT2D eigenvalue weighted by molar-refractivity contribution is 5.92. The summed E-state index contributed by atoms with van der Waals surface area (Å²) in [5.41, 5.74) is 6.00. The first kappa shape index (κ1) is 16.0. The number of nitrogen functional groups attached to an aromatic ring is 1. The molecule has 1 aromatic rings. The van der Waals surface area contributed by atoms with Crippen LogP contribution in [0, 0.1) is 0 Å². The number of aromatic nitrogens is 2. The van der Waals surface area contributed by atoms with E-state index in [9.17, 15) is 9.59 Å². The van der Waals surface area contributed by atoms with Gasteiger partial charge >= 0.3 is 5.97 Å². The van der Waals surface area contributed by atoms with Crippen LogP contribution in [0.1, 0.15) is 44.2 Å². The van der Waals surface area contributed by atoms with Crippen molar-refractivity contribution in [2.24, 2.45) is 0 Å². The van der Waals surface area contributed by atoms with Crippen LogP contribution in [0.15, 0.2) is 6.20 Å². The van der Waals surface area contributed by atoms with Gasteiger partial charge in [0.2, 0.25) is 5.91 Å². The SMILES string of the molecule is CCOC(=O)c1nn(C(C)C(=O)N(CC)CC)cc1N. The Morgan fingerprint density at radius 1 is 1.40 bits per heavy atom. The molecule has 7 nitrogen and oxygen atoms in total. The number of ether oxygens (including phenoxy) is 1. The number of carbonyl (C=O) groups excluding carboxylic acids is 2. The van der Waals surface area contributed by atoms with E-state index in [0.29, 0.717) is 13.1 Å². The summed E-state index contributed by atoms with van der Waals surface area (Å²) in [7, 11) is 0. The molecule has 0 spiro atoms. The van der Waals surface area contributed by atoms with Crippen molar-refractivity contribution in [2.45, 2.75) is 33.7 Å². The van der Waals surface area contributed by atoms with Crippen LogP contribution in [0.2, 0.25) is 0 Å². The fourth-order valence-corrected chi connectivity index (χ4v) is 1.87. The summed E-state index contributed by atoms with van der Waals surface area (Å²) < 4.78 is 6.27. The van der Waals surface area contributed by atoms with Gasteiger partial charge in [-0.05, 0) is 27.7 Å². The van der Waals surface area contributed by atoms with Crippen LogP contribution in [-0.2, 0) is 9.53 Å². The monoisotopic (exact) mass is 282 g/mol. The predicted octanol–water partition coefficient (Wildman–Crippen LogP) is 1.07. The first-order valence-electron chi connectivity index (χ1n) is 6.76. The Bertz CT molecular complexity index is 480. The lowest BCUT2D eigenvalue weighted by Crippen LogP contribution is -2.36. The summed E-state index contributed by atoms with van der Waals surface area (Å²) >= 11 is 0. The van der Waals surface area contributed by atoms with Gasteiger partial charge in [-0.15, -0.1) is 0 Å². The maximum atomic E-state index is 12.2. The Balaban J connectivity index is 2.95. The highest BCUT2D eigenvalue weighted by Crippen LogP contribution is 2.16. The van der Waals surface area contributed by atoms with Gasteiger partial charge in [-0.3, -0.25) is 9.48 Å². The molecule has 0 saturated carbocycles. The molecule has 20 heavy (non-hydrogen) atoms. The van der Waals surface area contributed by atoms with Crippen LogP contribution in [0.5, 0.6) is 0 Å². The molecule has 1 amide bonds. The minimum absolute atomic E-state index is 0.0473. The molecular weight excluding hydrogens is 260 g/mol. The van der Waals surface area contributed by atoms with Crippen LogP contribution >= 0.6 is 0 Å². The van der Waals surface area contributed by atoms with Gasteiger partial charge in [0.25, 0.3) is 0 Å². The number of carbonyl (C=O) groups is 2. The Kier molecular flexibility index (Phi) is 5.54. The average Bonchev–Trinajstić information content (AvgIpc) is 2.81. The smallest absolute Gasteiger partial charge is 0.361 e. The van der Waals surface area contributed by atoms with Crippen LogP contribution in [0.3, 0.4) is 0 Å². The third-order valence-corrected chi connectivity index (χ3v) is 3.06. The van der Waals surface area contributed by atoms with Crippen LogP contribution in [0.4, 0.5) is 5.69 Å². The number of rotatable bonds is 6. The lowest BCUT2D eigenvalue weighted by atomic mass is 10.3. The van der Waals surface area contributed by atoms with Crippen molar-refractivity contribution in [1.82, 2.24) is 14.7 Å². The Morgan fingerprint density at radius 3 is 2.50 bits per heavy atom. The summed E-state index contributed by atoms with van der Waals surface area (Å²) in [4.78, 5) is 25.6. The molecule has 1 unspecified atom stereocenters. The molecule has 0 bridgehead atoms. The van der Waals surface area contributed by atoms with Gasteiger partial charge in [-0.2, -0.15) is 5.10 Å². The summed E-state index contributed by atoms with van der Waals surface area (Å²) in [5.74, 6) is -0.640. The Hall–Kier alpha value is -2.05. The molecule has 0 aromatic carbocycles. The molecule has 1 atom stereocenters. The normalized spacial score (nSPS) is 12.0. The van der Waals surface area contributed by atoms with E-state index in [1.807, 2.05) is 13.8 Å². The quantitative estimate of drug-likeness (QED) is 0.788. The number of anilines is 1. The number of hydrogen-bond donors (Lipinski definition) is 1. The minimum atomic E-state index is -0.578. The summed E-state index contributed by atoms with van der Waals surface area (Å²) in [6, 6.07) is -0.514. The fraction of sp³-hybridized carbons (Fsp3) is 0.615. The molecule has 1 heterocycles. The lowest BCUT2D eigenvalue weighted by Gasteiger charge is -2.22. The third kappa shape index (κ3) is 3.28. The van der Waals surface area contributed by atoms with Crippen LogP contribution in [-0.4, -0.2) is 46.3 Å². The number of hydrogen-bond acceptors (Lipinski definition) is 5. The van der Waals surface area contributed by atoms with E-state index in [0.717, 1.165) is 0 Å². The van der Waals surface area contributed by atoms with Crippen molar-refractivity contribution < 1.29 is 14.3 Å². The van der Waals surface area contributed by atoms with Crippen molar-refractivity contribution in [1.29, 1.82) is 0 Å². The van der Waals surface area contributed by atoms with Gasteiger partial charge in [-0.25, -0.2) is 4.79 Å². The summed E-state index contributed by atoms with van der Waals surface area (Å²) in [6.07, 6.45) is 1.48. The molecule has 2 N–H and O–H groups in total. The van der Waals surface area contributed by atoms with Gasteiger partial charge in [-0.1, -0.05) is 0 Å². The first-order valence-corrected chi connectivity index (χ1v) is 6.76. The number of likely N-dealkylation sites (N-methyl/N-ethyl adjacent to an activating group) is 1. The van der Waals surface area contributed by atoms with E-state index in [1.54, 1.807) is 18.7 Å². The van der Waals surface area contributed by atoms with E-state index in [4.69, 9.17) is 10.5 Å². The van der Waals surface area contributed by atoms with Gasteiger partial charge in [0.05, 0.1) is 12.3 Å². The molecule has 0 aliphatic rings. The molecule has 0 radical (unpaired) electrons. The van der Waals surface area contributed by atoms with Crippen molar-refractivity contribution in [3.63, 3.8) is 0 Å². The largest absolute Gasteiger partial charge is 0.461 e. The average molecular weight is 282 g/mol. The topological polar surface area (TPSA) is 90.4 Å². The maximum absolute atomic E-state index is 12.2. The Labute approximate surface area is 118 Å². The predicted molar refractivity (Wildman–Crippen MR) is 75.2 cm³/mol. The van der Waals surface area contributed by atoms with Crippen molar-refractivity contribution >= 4 is 17.6 Å². The van der Waals surface area contributed by atoms with E-state index in [-0.39, 0.29) is 23.9 Å². The second-order valence-electron chi connectivity index (χ2n) is 4.32. The molecule has 0 saturated heterocycles. The van der Waals surface area contributed by atoms with E-state index >= 15 is 0 Å². The first-order chi connectivity index (χ1) is 9.46. The third-order valence-electron chi connectivity index (χ3n) is 3.06.